The Morgan fingerprint density at radius 1 is 1.14 bits per heavy atom. The van der Waals surface area contributed by atoms with Gasteiger partial charge in [0.1, 0.15) is 5.65 Å². The number of aromatic nitrogens is 2. The number of nitrogens with zero attached hydrogens (tertiary/aromatic N) is 1. The average Bonchev–Trinajstić information content (AvgIpc) is 3.23. The summed E-state index contributed by atoms with van der Waals surface area (Å²) in [5.74, 6) is 1.21. The van der Waals surface area contributed by atoms with Crippen LogP contribution >= 0.6 is 0 Å². The van der Waals surface area contributed by atoms with E-state index in [2.05, 4.69) is 57.7 Å². The Hall–Kier alpha value is -2.13. The van der Waals surface area contributed by atoms with E-state index >= 15 is 0 Å². The number of hydrogen-bond donors (Lipinski definition) is 2. The van der Waals surface area contributed by atoms with E-state index in [4.69, 9.17) is 0 Å². The molecule has 0 bridgehead atoms. The van der Waals surface area contributed by atoms with Gasteiger partial charge in [0.15, 0.2) is 0 Å². The van der Waals surface area contributed by atoms with E-state index in [9.17, 15) is 0 Å². The van der Waals surface area contributed by atoms with Gasteiger partial charge in [-0.1, -0.05) is 30.3 Å². The van der Waals surface area contributed by atoms with Crippen LogP contribution < -0.4 is 5.32 Å². The molecule has 1 saturated heterocycles. The van der Waals surface area contributed by atoms with Gasteiger partial charge in [-0.05, 0) is 55.6 Å². The maximum Gasteiger partial charge on any atom is 0.137 e. The van der Waals surface area contributed by atoms with Crippen molar-refractivity contribution in [2.45, 2.75) is 18.8 Å². The van der Waals surface area contributed by atoms with Crippen LogP contribution in [0.5, 0.6) is 0 Å². The lowest BCUT2D eigenvalue weighted by Crippen LogP contribution is -2.19. The minimum absolute atomic E-state index is 0.520. The Kier molecular flexibility index (Phi) is 3.65. The van der Waals surface area contributed by atoms with Crippen molar-refractivity contribution < 1.29 is 0 Å². The van der Waals surface area contributed by atoms with Crippen LogP contribution in [-0.2, 0) is 6.42 Å². The first-order valence-electron chi connectivity index (χ1n) is 8.08. The highest BCUT2D eigenvalue weighted by Gasteiger charge is 2.27. The normalized spacial score (nSPS) is 19.5. The largest absolute Gasteiger partial charge is 0.343 e. The van der Waals surface area contributed by atoms with Crippen LogP contribution in [0.3, 0.4) is 0 Å². The lowest BCUT2D eigenvalue weighted by atomic mass is 9.84. The molecule has 22 heavy (non-hydrogen) atoms. The summed E-state index contributed by atoms with van der Waals surface area (Å²) in [6, 6.07) is 17.2. The summed E-state index contributed by atoms with van der Waals surface area (Å²) in [5.41, 5.74) is 3.73. The first-order valence-corrected chi connectivity index (χ1v) is 8.08. The van der Waals surface area contributed by atoms with Crippen LogP contribution in [-0.4, -0.2) is 23.1 Å². The molecule has 2 unspecified atom stereocenters. The third-order valence-electron chi connectivity index (χ3n) is 4.78. The van der Waals surface area contributed by atoms with Crippen LogP contribution in [0.2, 0.25) is 0 Å². The molecular weight excluding hydrogens is 270 g/mol. The Morgan fingerprint density at radius 3 is 2.82 bits per heavy atom. The van der Waals surface area contributed by atoms with Gasteiger partial charge in [0.2, 0.25) is 0 Å². The molecule has 3 heterocycles. The molecule has 2 aromatic heterocycles. The van der Waals surface area contributed by atoms with Crippen LogP contribution in [0.15, 0.2) is 54.7 Å². The van der Waals surface area contributed by atoms with Gasteiger partial charge < -0.3 is 10.3 Å². The van der Waals surface area contributed by atoms with Gasteiger partial charge in [-0.2, -0.15) is 0 Å². The fourth-order valence-corrected chi connectivity index (χ4v) is 3.60. The summed E-state index contributed by atoms with van der Waals surface area (Å²) < 4.78 is 0. The summed E-state index contributed by atoms with van der Waals surface area (Å²) in [6.07, 6.45) is 4.19. The van der Waals surface area contributed by atoms with E-state index in [1.807, 2.05) is 12.3 Å². The zero-order chi connectivity index (χ0) is 14.8. The summed E-state index contributed by atoms with van der Waals surface area (Å²) in [7, 11) is 0. The van der Waals surface area contributed by atoms with Crippen molar-refractivity contribution in [3.05, 3.63) is 66.0 Å². The topological polar surface area (TPSA) is 40.7 Å². The molecule has 3 heteroatoms. The van der Waals surface area contributed by atoms with E-state index in [1.54, 1.807) is 0 Å². The number of fused-ring (bicyclic) bond motifs is 1. The van der Waals surface area contributed by atoms with Crippen molar-refractivity contribution in [3.63, 3.8) is 0 Å². The van der Waals surface area contributed by atoms with Crippen molar-refractivity contribution in [1.82, 2.24) is 15.3 Å². The van der Waals surface area contributed by atoms with Crippen molar-refractivity contribution >= 4 is 11.0 Å². The number of aromatic amines is 1. The van der Waals surface area contributed by atoms with E-state index in [1.165, 1.54) is 23.1 Å². The van der Waals surface area contributed by atoms with Crippen LogP contribution in [0.4, 0.5) is 0 Å². The molecule has 112 valence electrons. The maximum absolute atomic E-state index is 4.45. The molecule has 0 saturated carbocycles. The number of hydrogen-bond acceptors (Lipinski definition) is 2. The van der Waals surface area contributed by atoms with Gasteiger partial charge in [-0.25, -0.2) is 4.98 Å². The second kappa shape index (κ2) is 5.93. The van der Waals surface area contributed by atoms with Gasteiger partial charge in [0.25, 0.3) is 0 Å². The molecule has 3 aromatic rings. The van der Waals surface area contributed by atoms with Gasteiger partial charge in [0.05, 0.1) is 0 Å². The first-order chi connectivity index (χ1) is 10.9. The molecule has 3 nitrogen and oxygen atoms in total. The SMILES string of the molecule is c1ccc(CC(c2cc3cccnc3[nH]2)C2CCNC2)cc1. The van der Waals surface area contributed by atoms with Gasteiger partial charge in [-0.15, -0.1) is 0 Å². The Balaban J connectivity index is 1.69. The zero-order valence-corrected chi connectivity index (χ0v) is 12.6. The fraction of sp³-hybridized carbons (Fsp3) is 0.316. The minimum atomic E-state index is 0.520. The van der Waals surface area contributed by atoms with Crippen molar-refractivity contribution in [1.29, 1.82) is 0 Å². The summed E-state index contributed by atoms with van der Waals surface area (Å²) in [5, 5.41) is 4.72. The molecule has 1 aliphatic rings. The highest BCUT2D eigenvalue weighted by Crippen LogP contribution is 2.33. The Labute approximate surface area is 130 Å². The average molecular weight is 291 g/mol. The van der Waals surface area contributed by atoms with Crippen molar-refractivity contribution in [3.8, 4) is 0 Å². The number of H-pyrrole nitrogens is 1. The van der Waals surface area contributed by atoms with E-state index in [0.717, 1.165) is 25.2 Å². The van der Waals surface area contributed by atoms with E-state index in [0.29, 0.717) is 11.8 Å². The molecular formula is C19H21N3. The lowest BCUT2D eigenvalue weighted by molar-refractivity contribution is 0.448. The molecule has 0 amide bonds. The van der Waals surface area contributed by atoms with E-state index < -0.39 is 0 Å². The molecule has 1 aromatic carbocycles. The minimum Gasteiger partial charge on any atom is -0.343 e. The van der Waals surface area contributed by atoms with Crippen molar-refractivity contribution in [2.75, 3.05) is 13.1 Å². The second-order valence-electron chi connectivity index (χ2n) is 6.22. The number of benzene rings is 1. The fourth-order valence-electron chi connectivity index (χ4n) is 3.60. The van der Waals surface area contributed by atoms with E-state index in [-0.39, 0.29) is 0 Å². The second-order valence-corrected chi connectivity index (χ2v) is 6.22. The molecule has 4 rings (SSSR count). The number of rotatable bonds is 4. The molecule has 1 aliphatic heterocycles. The van der Waals surface area contributed by atoms with Crippen LogP contribution in [0.1, 0.15) is 23.6 Å². The third-order valence-corrected chi connectivity index (χ3v) is 4.78. The Morgan fingerprint density at radius 2 is 2.05 bits per heavy atom. The smallest absolute Gasteiger partial charge is 0.137 e. The van der Waals surface area contributed by atoms with Crippen molar-refractivity contribution in [2.24, 2.45) is 5.92 Å². The quantitative estimate of drug-likeness (QED) is 0.772. The maximum atomic E-state index is 4.45. The van der Waals surface area contributed by atoms with Gasteiger partial charge in [0, 0.05) is 23.2 Å². The first kappa shape index (κ1) is 13.5. The molecule has 0 radical (unpaired) electrons. The summed E-state index contributed by atoms with van der Waals surface area (Å²) >= 11 is 0. The molecule has 2 N–H and O–H groups in total. The standard InChI is InChI=1S/C19H21N3/c1-2-5-14(6-3-1)11-17(16-8-10-20-13-16)18-12-15-7-4-9-21-19(15)22-18/h1-7,9,12,16-17,20H,8,10-11,13H2,(H,21,22). The highest BCUT2D eigenvalue weighted by atomic mass is 14.9. The van der Waals surface area contributed by atoms with Gasteiger partial charge >= 0.3 is 0 Å². The number of pyridine rings is 1. The van der Waals surface area contributed by atoms with Gasteiger partial charge in [-0.3, -0.25) is 0 Å². The summed E-state index contributed by atoms with van der Waals surface area (Å²) in [6.45, 7) is 2.24. The molecule has 1 fully saturated rings. The predicted molar refractivity (Wildman–Crippen MR) is 90.0 cm³/mol. The number of nitrogens with one attached hydrogen (secondary N) is 2. The van der Waals surface area contributed by atoms with Crippen LogP contribution in [0.25, 0.3) is 11.0 Å². The zero-order valence-electron chi connectivity index (χ0n) is 12.6. The van der Waals surface area contributed by atoms with Crippen LogP contribution in [0, 0.1) is 5.92 Å². The molecule has 0 aliphatic carbocycles. The third kappa shape index (κ3) is 2.64. The molecule has 2 atom stereocenters. The predicted octanol–water partition coefficient (Wildman–Crippen LogP) is 3.50. The highest BCUT2D eigenvalue weighted by molar-refractivity contribution is 5.76. The monoisotopic (exact) mass is 291 g/mol. The Bertz CT molecular complexity index is 708. The molecule has 0 spiro atoms. The lowest BCUT2D eigenvalue weighted by Gasteiger charge is -2.22. The summed E-state index contributed by atoms with van der Waals surface area (Å²) in [4.78, 5) is 8.00.